The number of rotatable bonds is 4. The molecule has 3 N–H and O–H groups in total. The Morgan fingerprint density at radius 3 is 2.43 bits per heavy atom. The Morgan fingerprint density at radius 1 is 1.43 bits per heavy atom. The molecular weight excluding hydrogens is 182 g/mol. The quantitative estimate of drug-likeness (QED) is 0.666. The summed E-state index contributed by atoms with van der Waals surface area (Å²) >= 11 is 0. The molecule has 0 spiro atoms. The van der Waals surface area contributed by atoms with E-state index in [4.69, 9.17) is 10.2 Å². The van der Waals surface area contributed by atoms with E-state index in [-0.39, 0.29) is 0 Å². The summed E-state index contributed by atoms with van der Waals surface area (Å²) in [7, 11) is 0. The highest BCUT2D eigenvalue weighted by atomic mass is 16.4. The summed E-state index contributed by atoms with van der Waals surface area (Å²) in [4.78, 5) is 10.6. The third-order valence-corrected chi connectivity index (χ3v) is 1.87. The number of benzene rings is 1. The van der Waals surface area contributed by atoms with E-state index in [9.17, 15) is 4.79 Å². The van der Waals surface area contributed by atoms with Crippen LogP contribution in [0.4, 0.5) is 5.69 Å². The molecule has 14 heavy (non-hydrogen) atoms. The Morgan fingerprint density at radius 2 is 2.00 bits per heavy atom. The smallest absolute Gasteiger partial charge is 0.328 e. The van der Waals surface area contributed by atoms with E-state index in [1.165, 1.54) is 0 Å². The second-order valence-corrected chi connectivity index (χ2v) is 3.08. The largest absolute Gasteiger partial charge is 0.480 e. The molecule has 1 aromatic rings. The number of aliphatic hydroxyl groups is 1. The molecule has 1 atom stereocenters. The Balaban J connectivity index is 2.67. The van der Waals surface area contributed by atoms with Gasteiger partial charge in [-0.3, -0.25) is 0 Å². The number of carboxylic acid groups (broad SMARTS) is 1. The van der Waals surface area contributed by atoms with E-state index in [1.54, 1.807) is 12.1 Å². The maximum atomic E-state index is 10.6. The van der Waals surface area contributed by atoms with Crippen molar-refractivity contribution < 1.29 is 15.0 Å². The molecule has 0 radical (unpaired) electrons. The Bertz CT molecular complexity index is 308. The molecule has 0 fully saturated rings. The molecule has 0 saturated heterocycles. The third kappa shape index (κ3) is 2.74. The lowest BCUT2D eigenvalue weighted by Crippen LogP contribution is -2.32. The molecule has 0 saturated carbocycles. The summed E-state index contributed by atoms with van der Waals surface area (Å²) in [5, 5.41) is 20.1. The highest BCUT2D eigenvalue weighted by Crippen LogP contribution is 2.09. The average molecular weight is 195 g/mol. The second kappa shape index (κ2) is 4.62. The first-order chi connectivity index (χ1) is 6.63. The number of hydrogen-bond acceptors (Lipinski definition) is 3. The van der Waals surface area contributed by atoms with Gasteiger partial charge < -0.3 is 15.5 Å². The molecule has 0 aliphatic heterocycles. The van der Waals surface area contributed by atoms with Crippen molar-refractivity contribution in [2.75, 3.05) is 11.9 Å². The molecule has 1 aromatic carbocycles. The summed E-state index contributed by atoms with van der Waals surface area (Å²) in [5.74, 6) is -1.06. The first kappa shape index (κ1) is 10.5. The normalized spacial score (nSPS) is 12.1. The van der Waals surface area contributed by atoms with E-state index in [2.05, 4.69) is 5.32 Å². The van der Waals surface area contributed by atoms with Gasteiger partial charge in [0.05, 0.1) is 6.61 Å². The van der Waals surface area contributed by atoms with Crippen LogP contribution in [0.2, 0.25) is 0 Å². The van der Waals surface area contributed by atoms with Crippen LogP contribution in [-0.4, -0.2) is 28.8 Å². The van der Waals surface area contributed by atoms with Crippen molar-refractivity contribution in [3.8, 4) is 0 Å². The van der Waals surface area contributed by atoms with Crippen LogP contribution in [-0.2, 0) is 4.79 Å². The van der Waals surface area contributed by atoms with Crippen molar-refractivity contribution >= 4 is 11.7 Å². The number of aliphatic carboxylic acids is 1. The molecule has 4 heteroatoms. The first-order valence-electron chi connectivity index (χ1n) is 4.30. The van der Waals surface area contributed by atoms with E-state index in [0.717, 1.165) is 5.56 Å². The van der Waals surface area contributed by atoms with Crippen LogP contribution in [0.3, 0.4) is 0 Å². The zero-order valence-corrected chi connectivity index (χ0v) is 7.90. The lowest BCUT2D eigenvalue weighted by molar-refractivity contribution is -0.138. The number of hydrogen-bond donors (Lipinski definition) is 3. The Hall–Kier alpha value is -1.55. The minimum Gasteiger partial charge on any atom is -0.480 e. The van der Waals surface area contributed by atoms with Gasteiger partial charge in [-0.2, -0.15) is 0 Å². The standard InChI is InChI=1S/C10H13NO3/c1-7-2-4-8(5-3-7)11-9(6-12)10(13)14/h2-5,9,11-12H,6H2,1H3,(H,13,14). The highest BCUT2D eigenvalue weighted by molar-refractivity contribution is 5.77. The van der Waals surface area contributed by atoms with Crippen molar-refractivity contribution in [1.82, 2.24) is 0 Å². The van der Waals surface area contributed by atoms with Crippen molar-refractivity contribution in [2.24, 2.45) is 0 Å². The summed E-state index contributed by atoms with van der Waals surface area (Å²) in [6, 6.07) is 6.36. The van der Waals surface area contributed by atoms with Gasteiger partial charge >= 0.3 is 5.97 Å². The summed E-state index contributed by atoms with van der Waals surface area (Å²) in [6.45, 7) is 1.52. The van der Waals surface area contributed by atoms with Crippen LogP contribution in [0.1, 0.15) is 5.56 Å². The molecule has 0 aliphatic carbocycles. The Kier molecular flexibility index (Phi) is 3.48. The zero-order valence-electron chi connectivity index (χ0n) is 7.90. The van der Waals surface area contributed by atoms with Gasteiger partial charge in [-0.1, -0.05) is 17.7 Å². The van der Waals surface area contributed by atoms with E-state index >= 15 is 0 Å². The molecule has 0 aliphatic rings. The number of carboxylic acids is 1. The van der Waals surface area contributed by atoms with Crippen LogP contribution in [0, 0.1) is 6.92 Å². The lowest BCUT2D eigenvalue weighted by Gasteiger charge is -2.12. The number of aryl methyl sites for hydroxylation is 1. The molecule has 0 aromatic heterocycles. The Labute approximate surface area is 82.2 Å². The molecule has 4 nitrogen and oxygen atoms in total. The summed E-state index contributed by atoms with van der Waals surface area (Å²) in [6.07, 6.45) is 0. The monoisotopic (exact) mass is 195 g/mol. The van der Waals surface area contributed by atoms with Gasteiger partial charge in [-0.15, -0.1) is 0 Å². The topological polar surface area (TPSA) is 69.6 Å². The number of carbonyl (C=O) groups is 1. The third-order valence-electron chi connectivity index (χ3n) is 1.87. The van der Waals surface area contributed by atoms with Gasteiger partial charge in [-0.25, -0.2) is 4.79 Å². The maximum Gasteiger partial charge on any atom is 0.328 e. The van der Waals surface area contributed by atoms with E-state index in [1.807, 2.05) is 19.1 Å². The fourth-order valence-corrected chi connectivity index (χ4v) is 1.04. The van der Waals surface area contributed by atoms with Gasteiger partial charge in [0.25, 0.3) is 0 Å². The van der Waals surface area contributed by atoms with Gasteiger partial charge in [0, 0.05) is 5.69 Å². The summed E-state index contributed by atoms with van der Waals surface area (Å²) in [5.41, 5.74) is 1.79. The SMILES string of the molecule is Cc1ccc(NC(CO)C(=O)O)cc1. The van der Waals surface area contributed by atoms with Gasteiger partial charge in [0.2, 0.25) is 0 Å². The zero-order chi connectivity index (χ0) is 10.6. The second-order valence-electron chi connectivity index (χ2n) is 3.08. The lowest BCUT2D eigenvalue weighted by atomic mass is 10.2. The predicted octanol–water partition coefficient (Wildman–Crippen LogP) is 0.852. The van der Waals surface area contributed by atoms with Crippen LogP contribution >= 0.6 is 0 Å². The number of nitrogens with one attached hydrogen (secondary N) is 1. The highest BCUT2D eigenvalue weighted by Gasteiger charge is 2.14. The van der Waals surface area contributed by atoms with E-state index < -0.39 is 18.6 Å². The summed E-state index contributed by atoms with van der Waals surface area (Å²) < 4.78 is 0. The van der Waals surface area contributed by atoms with Gasteiger partial charge in [0.1, 0.15) is 6.04 Å². The fraction of sp³-hybridized carbons (Fsp3) is 0.300. The fourth-order valence-electron chi connectivity index (χ4n) is 1.04. The van der Waals surface area contributed by atoms with Crippen molar-refractivity contribution in [2.45, 2.75) is 13.0 Å². The predicted molar refractivity (Wildman–Crippen MR) is 53.3 cm³/mol. The van der Waals surface area contributed by atoms with Crippen LogP contribution < -0.4 is 5.32 Å². The van der Waals surface area contributed by atoms with Crippen molar-refractivity contribution in [1.29, 1.82) is 0 Å². The maximum absolute atomic E-state index is 10.6. The van der Waals surface area contributed by atoms with Gasteiger partial charge in [0.15, 0.2) is 0 Å². The molecule has 0 bridgehead atoms. The average Bonchev–Trinajstić information content (AvgIpc) is 2.16. The number of anilines is 1. The molecule has 0 amide bonds. The van der Waals surface area contributed by atoms with E-state index in [0.29, 0.717) is 5.69 Å². The van der Waals surface area contributed by atoms with Gasteiger partial charge in [-0.05, 0) is 19.1 Å². The van der Waals surface area contributed by atoms with Crippen LogP contribution in [0.15, 0.2) is 24.3 Å². The van der Waals surface area contributed by atoms with Crippen LogP contribution in [0.5, 0.6) is 0 Å². The minimum absolute atomic E-state index is 0.427. The minimum atomic E-state index is -1.06. The molecule has 76 valence electrons. The molecule has 0 heterocycles. The molecule has 1 rings (SSSR count). The van der Waals surface area contributed by atoms with Crippen LogP contribution in [0.25, 0.3) is 0 Å². The van der Waals surface area contributed by atoms with Crippen molar-refractivity contribution in [3.63, 3.8) is 0 Å². The first-order valence-corrected chi connectivity index (χ1v) is 4.30. The number of aliphatic hydroxyl groups excluding tert-OH is 1. The molecular formula is C10H13NO3. The van der Waals surface area contributed by atoms with Crippen molar-refractivity contribution in [3.05, 3.63) is 29.8 Å². The molecule has 1 unspecified atom stereocenters.